The molecule has 6 heteroatoms. The molecule has 1 aromatic carbocycles. The molecule has 1 aromatic heterocycles. The summed E-state index contributed by atoms with van der Waals surface area (Å²) in [6.45, 7) is 8.77. The molecule has 2 heterocycles. The minimum atomic E-state index is -0.310. The molecular formula is C20H26N2O4. The zero-order valence-corrected chi connectivity index (χ0v) is 15.7. The SMILES string of the molecule is CCOc1cccc2cc(C(C)NC(=O)C3CC(=O)N(C(C)C)C3)oc12. The summed E-state index contributed by atoms with van der Waals surface area (Å²) in [6, 6.07) is 7.49. The topological polar surface area (TPSA) is 71.8 Å². The molecule has 1 aliphatic heterocycles. The summed E-state index contributed by atoms with van der Waals surface area (Å²) >= 11 is 0. The number of carbonyl (C=O) groups excluding carboxylic acids is 2. The fourth-order valence-corrected chi connectivity index (χ4v) is 3.35. The summed E-state index contributed by atoms with van der Waals surface area (Å²) < 4.78 is 11.5. The van der Waals surface area contributed by atoms with Crippen molar-refractivity contribution in [3.05, 3.63) is 30.0 Å². The molecule has 6 nitrogen and oxygen atoms in total. The van der Waals surface area contributed by atoms with Crippen LogP contribution in [0.1, 0.15) is 45.9 Å². The fraction of sp³-hybridized carbons (Fsp3) is 0.500. The van der Waals surface area contributed by atoms with Gasteiger partial charge in [-0.1, -0.05) is 12.1 Å². The molecule has 1 fully saturated rings. The summed E-state index contributed by atoms with van der Waals surface area (Å²) in [4.78, 5) is 26.3. The predicted octanol–water partition coefficient (Wildman–Crippen LogP) is 3.27. The summed E-state index contributed by atoms with van der Waals surface area (Å²) in [5.41, 5.74) is 0.687. The average Bonchev–Trinajstić information content (AvgIpc) is 3.19. The third-order valence-electron chi connectivity index (χ3n) is 4.77. The van der Waals surface area contributed by atoms with Crippen molar-refractivity contribution in [2.24, 2.45) is 5.92 Å². The van der Waals surface area contributed by atoms with Gasteiger partial charge in [-0.05, 0) is 39.8 Å². The molecule has 1 saturated heterocycles. The lowest BCUT2D eigenvalue weighted by Crippen LogP contribution is -2.36. The van der Waals surface area contributed by atoms with Gasteiger partial charge in [0.15, 0.2) is 11.3 Å². The number of hydrogen-bond acceptors (Lipinski definition) is 4. The number of rotatable bonds is 6. The minimum Gasteiger partial charge on any atom is -0.490 e. The molecule has 2 aromatic rings. The minimum absolute atomic E-state index is 0.0397. The Hall–Kier alpha value is -2.50. The molecule has 0 bridgehead atoms. The summed E-state index contributed by atoms with van der Waals surface area (Å²) in [6.07, 6.45) is 0.269. The fourth-order valence-electron chi connectivity index (χ4n) is 3.35. The van der Waals surface area contributed by atoms with E-state index in [2.05, 4.69) is 5.32 Å². The van der Waals surface area contributed by atoms with E-state index in [1.807, 2.05) is 52.0 Å². The van der Waals surface area contributed by atoms with Crippen LogP contribution in [0.5, 0.6) is 5.75 Å². The van der Waals surface area contributed by atoms with E-state index in [9.17, 15) is 9.59 Å². The van der Waals surface area contributed by atoms with Crippen LogP contribution in [0.15, 0.2) is 28.7 Å². The van der Waals surface area contributed by atoms with Crippen molar-refractivity contribution in [3.63, 3.8) is 0 Å². The average molecular weight is 358 g/mol. The zero-order valence-electron chi connectivity index (χ0n) is 15.7. The molecular weight excluding hydrogens is 332 g/mol. The van der Waals surface area contributed by atoms with Crippen LogP contribution >= 0.6 is 0 Å². The van der Waals surface area contributed by atoms with Crippen molar-refractivity contribution in [3.8, 4) is 5.75 Å². The second-order valence-corrected chi connectivity index (χ2v) is 7.03. The Morgan fingerprint density at radius 3 is 2.81 bits per heavy atom. The van der Waals surface area contributed by atoms with Crippen LogP contribution in [0.25, 0.3) is 11.0 Å². The van der Waals surface area contributed by atoms with E-state index >= 15 is 0 Å². The third kappa shape index (κ3) is 3.54. The Labute approximate surface area is 153 Å². The molecule has 26 heavy (non-hydrogen) atoms. The first-order valence-corrected chi connectivity index (χ1v) is 9.15. The number of para-hydroxylation sites is 1. The molecule has 0 aliphatic carbocycles. The zero-order chi connectivity index (χ0) is 18.8. The number of amides is 2. The van der Waals surface area contributed by atoms with Crippen molar-refractivity contribution in [2.75, 3.05) is 13.2 Å². The van der Waals surface area contributed by atoms with Gasteiger partial charge in [-0.25, -0.2) is 0 Å². The molecule has 1 aliphatic rings. The van der Waals surface area contributed by atoms with Crippen molar-refractivity contribution in [1.29, 1.82) is 0 Å². The van der Waals surface area contributed by atoms with Gasteiger partial charge < -0.3 is 19.4 Å². The van der Waals surface area contributed by atoms with Crippen LogP contribution in [0.3, 0.4) is 0 Å². The Morgan fingerprint density at radius 2 is 2.15 bits per heavy atom. The number of ether oxygens (including phenoxy) is 1. The second kappa shape index (κ2) is 7.40. The number of carbonyl (C=O) groups is 2. The van der Waals surface area contributed by atoms with Crippen LogP contribution < -0.4 is 10.1 Å². The Kier molecular flexibility index (Phi) is 5.20. The first-order chi connectivity index (χ1) is 12.4. The van der Waals surface area contributed by atoms with Gasteiger partial charge in [0.1, 0.15) is 5.76 Å². The quantitative estimate of drug-likeness (QED) is 0.860. The van der Waals surface area contributed by atoms with Gasteiger partial charge in [-0.2, -0.15) is 0 Å². The number of hydrogen-bond donors (Lipinski definition) is 1. The highest BCUT2D eigenvalue weighted by Crippen LogP contribution is 2.31. The normalized spacial score (nSPS) is 18.6. The summed E-state index contributed by atoms with van der Waals surface area (Å²) in [5.74, 6) is 0.988. The molecule has 2 amide bonds. The smallest absolute Gasteiger partial charge is 0.226 e. The van der Waals surface area contributed by atoms with Crippen molar-refractivity contribution < 1.29 is 18.7 Å². The summed E-state index contributed by atoms with van der Waals surface area (Å²) in [7, 11) is 0. The van der Waals surface area contributed by atoms with Gasteiger partial charge in [-0.15, -0.1) is 0 Å². The van der Waals surface area contributed by atoms with E-state index in [1.54, 1.807) is 4.90 Å². The first kappa shape index (κ1) is 18.3. The van der Waals surface area contributed by atoms with Crippen LogP contribution in [0.2, 0.25) is 0 Å². The third-order valence-corrected chi connectivity index (χ3v) is 4.77. The van der Waals surface area contributed by atoms with Crippen LogP contribution in [-0.4, -0.2) is 35.9 Å². The lowest BCUT2D eigenvalue weighted by molar-refractivity contribution is -0.130. The van der Waals surface area contributed by atoms with Crippen molar-refractivity contribution >= 4 is 22.8 Å². The first-order valence-electron chi connectivity index (χ1n) is 9.15. The Balaban J connectivity index is 1.71. The van der Waals surface area contributed by atoms with Crippen LogP contribution in [0, 0.1) is 5.92 Å². The number of nitrogens with one attached hydrogen (secondary N) is 1. The second-order valence-electron chi connectivity index (χ2n) is 7.03. The highest BCUT2D eigenvalue weighted by molar-refractivity contribution is 5.89. The molecule has 2 atom stereocenters. The highest BCUT2D eigenvalue weighted by Gasteiger charge is 2.36. The largest absolute Gasteiger partial charge is 0.490 e. The van der Waals surface area contributed by atoms with Gasteiger partial charge in [-0.3, -0.25) is 9.59 Å². The highest BCUT2D eigenvalue weighted by atomic mass is 16.5. The molecule has 2 unspecified atom stereocenters. The van der Waals surface area contributed by atoms with E-state index in [0.29, 0.717) is 30.2 Å². The van der Waals surface area contributed by atoms with E-state index in [4.69, 9.17) is 9.15 Å². The maximum Gasteiger partial charge on any atom is 0.226 e. The predicted molar refractivity (Wildman–Crippen MR) is 98.9 cm³/mol. The number of fused-ring (bicyclic) bond motifs is 1. The lowest BCUT2D eigenvalue weighted by atomic mass is 10.1. The number of nitrogens with zero attached hydrogens (tertiary/aromatic N) is 1. The summed E-state index contributed by atoms with van der Waals surface area (Å²) in [5, 5.41) is 3.92. The number of furan rings is 1. The van der Waals surface area contributed by atoms with Gasteiger partial charge in [0.05, 0.1) is 18.6 Å². The molecule has 140 valence electrons. The van der Waals surface area contributed by atoms with Gasteiger partial charge in [0.25, 0.3) is 0 Å². The monoisotopic (exact) mass is 358 g/mol. The van der Waals surface area contributed by atoms with Gasteiger partial charge in [0, 0.05) is 24.4 Å². The van der Waals surface area contributed by atoms with Crippen LogP contribution in [-0.2, 0) is 9.59 Å². The lowest BCUT2D eigenvalue weighted by Gasteiger charge is -2.21. The number of likely N-dealkylation sites (tertiary alicyclic amines) is 1. The Morgan fingerprint density at radius 1 is 1.38 bits per heavy atom. The van der Waals surface area contributed by atoms with E-state index < -0.39 is 0 Å². The van der Waals surface area contributed by atoms with E-state index in [1.165, 1.54) is 0 Å². The maximum absolute atomic E-state index is 12.6. The van der Waals surface area contributed by atoms with Crippen molar-refractivity contribution in [2.45, 2.75) is 46.2 Å². The molecule has 1 N–H and O–H groups in total. The standard InChI is InChI=1S/C20H26N2O4/c1-5-25-16-8-6-7-14-9-17(26-19(14)16)13(4)21-20(24)15-10-18(23)22(11-15)12(2)3/h6-9,12-13,15H,5,10-11H2,1-4H3,(H,21,24). The van der Waals surface area contributed by atoms with Crippen LogP contribution in [0.4, 0.5) is 0 Å². The molecule has 0 spiro atoms. The molecule has 0 saturated carbocycles. The maximum atomic E-state index is 12.6. The van der Waals surface area contributed by atoms with Gasteiger partial charge >= 0.3 is 0 Å². The van der Waals surface area contributed by atoms with E-state index in [0.717, 1.165) is 5.39 Å². The number of benzene rings is 1. The molecule has 0 radical (unpaired) electrons. The van der Waals surface area contributed by atoms with Crippen molar-refractivity contribution in [1.82, 2.24) is 10.2 Å². The Bertz CT molecular complexity index is 811. The van der Waals surface area contributed by atoms with Gasteiger partial charge in [0.2, 0.25) is 11.8 Å². The molecule has 3 rings (SSSR count). The van der Waals surface area contributed by atoms with E-state index in [-0.39, 0.29) is 36.2 Å².